The van der Waals surface area contributed by atoms with E-state index < -0.39 is 10.2 Å². The molecular weight excluding hydrogens is 282 g/mol. The van der Waals surface area contributed by atoms with Gasteiger partial charge in [-0.15, -0.1) is 0 Å². The summed E-state index contributed by atoms with van der Waals surface area (Å²) in [7, 11) is -2.03. The van der Waals surface area contributed by atoms with E-state index in [-0.39, 0.29) is 6.54 Å². The SMILES string of the molecule is CCOc1cc(CNCCNS(N)(=O)=O)ccc1OC. The van der Waals surface area contributed by atoms with Gasteiger partial charge in [-0.05, 0) is 24.6 Å². The Labute approximate surface area is 119 Å². The highest BCUT2D eigenvalue weighted by Crippen LogP contribution is 2.27. The van der Waals surface area contributed by atoms with Crippen molar-refractivity contribution in [3.05, 3.63) is 23.8 Å². The lowest BCUT2D eigenvalue weighted by Gasteiger charge is -2.11. The van der Waals surface area contributed by atoms with Crippen LogP contribution in [0.1, 0.15) is 12.5 Å². The molecule has 0 heterocycles. The van der Waals surface area contributed by atoms with Crippen LogP contribution >= 0.6 is 0 Å². The molecule has 0 aliphatic rings. The lowest BCUT2D eigenvalue weighted by atomic mass is 10.2. The van der Waals surface area contributed by atoms with Gasteiger partial charge >= 0.3 is 0 Å². The van der Waals surface area contributed by atoms with Crippen LogP contribution in [0, 0.1) is 0 Å². The summed E-state index contributed by atoms with van der Waals surface area (Å²) in [6.07, 6.45) is 0. The van der Waals surface area contributed by atoms with E-state index in [1.807, 2.05) is 25.1 Å². The zero-order valence-electron chi connectivity index (χ0n) is 11.7. The molecule has 20 heavy (non-hydrogen) atoms. The summed E-state index contributed by atoms with van der Waals surface area (Å²) in [6.45, 7) is 3.78. The number of rotatable bonds is 9. The topological polar surface area (TPSA) is 103 Å². The van der Waals surface area contributed by atoms with E-state index in [1.165, 1.54) is 0 Å². The molecule has 7 nitrogen and oxygen atoms in total. The summed E-state index contributed by atoms with van der Waals surface area (Å²) < 4.78 is 34.2. The zero-order valence-corrected chi connectivity index (χ0v) is 12.5. The van der Waals surface area contributed by atoms with Crippen LogP contribution in [-0.2, 0) is 16.8 Å². The monoisotopic (exact) mass is 303 g/mol. The standard InChI is InChI=1S/C12H21N3O4S/c1-3-19-12-8-10(4-5-11(12)18-2)9-14-6-7-15-20(13,16)17/h4-5,8,14-15H,3,6-7,9H2,1-2H3,(H2,13,16,17). The molecule has 0 spiro atoms. The van der Waals surface area contributed by atoms with Crippen LogP contribution in [-0.4, -0.2) is 35.2 Å². The normalized spacial score (nSPS) is 11.3. The van der Waals surface area contributed by atoms with Crippen LogP contribution in [0.4, 0.5) is 0 Å². The molecule has 0 saturated heterocycles. The van der Waals surface area contributed by atoms with Gasteiger partial charge in [0.15, 0.2) is 11.5 Å². The third-order valence-electron chi connectivity index (χ3n) is 2.46. The van der Waals surface area contributed by atoms with Gasteiger partial charge in [0, 0.05) is 19.6 Å². The van der Waals surface area contributed by atoms with E-state index in [9.17, 15) is 8.42 Å². The highest BCUT2D eigenvalue weighted by atomic mass is 32.2. The number of nitrogens with one attached hydrogen (secondary N) is 2. The molecule has 0 aliphatic carbocycles. The summed E-state index contributed by atoms with van der Waals surface area (Å²) in [5.74, 6) is 1.38. The van der Waals surface area contributed by atoms with E-state index in [0.29, 0.717) is 31.2 Å². The molecule has 0 atom stereocenters. The Morgan fingerprint density at radius 1 is 1.25 bits per heavy atom. The first kappa shape index (κ1) is 16.7. The Kier molecular flexibility index (Phi) is 6.73. The first-order valence-corrected chi connectivity index (χ1v) is 7.78. The molecule has 0 amide bonds. The number of hydrogen-bond donors (Lipinski definition) is 3. The summed E-state index contributed by atoms with van der Waals surface area (Å²) in [5, 5.41) is 7.92. The van der Waals surface area contributed by atoms with E-state index >= 15 is 0 Å². The molecule has 0 aromatic heterocycles. The van der Waals surface area contributed by atoms with Crippen LogP contribution in [0.2, 0.25) is 0 Å². The smallest absolute Gasteiger partial charge is 0.274 e. The quantitative estimate of drug-likeness (QED) is 0.556. The maximum Gasteiger partial charge on any atom is 0.274 e. The highest BCUT2D eigenvalue weighted by Gasteiger charge is 2.05. The molecule has 1 rings (SSSR count). The maximum atomic E-state index is 10.7. The van der Waals surface area contributed by atoms with Crippen molar-refractivity contribution in [1.82, 2.24) is 10.0 Å². The average molecular weight is 303 g/mol. The second-order valence-electron chi connectivity index (χ2n) is 4.03. The van der Waals surface area contributed by atoms with Crippen molar-refractivity contribution < 1.29 is 17.9 Å². The lowest BCUT2D eigenvalue weighted by molar-refractivity contribution is 0.310. The predicted molar refractivity (Wildman–Crippen MR) is 77.0 cm³/mol. The molecule has 8 heteroatoms. The zero-order chi connectivity index (χ0) is 15.0. The molecule has 0 saturated carbocycles. The second kappa shape index (κ2) is 8.05. The van der Waals surface area contributed by atoms with Crippen molar-refractivity contribution in [3.8, 4) is 11.5 Å². The largest absolute Gasteiger partial charge is 0.493 e. The van der Waals surface area contributed by atoms with E-state index in [0.717, 1.165) is 5.56 Å². The molecule has 0 aliphatic heterocycles. The molecule has 1 aromatic rings. The summed E-state index contributed by atoms with van der Waals surface area (Å²) >= 11 is 0. The molecule has 0 fully saturated rings. The van der Waals surface area contributed by atoms with Crippen molar-refractivity contribution >= 4 is 10.2 Å². The molecule has 4 N–H and O–H groups in total. The van der Waals surface area contributed by atoms with Crippen LogP contribution in [0.25, 0.3) is 0 Å². The first-order valence-electron chi connectivity index (χ1n) is 6.24. The minimum atomic E-state index is -3.62. The fourth-order valence-electron chi connectivity index (χ4n) is 1.61. The van der Waals surface area contributed by atoms with Crippen LogP contribution in [0.5, 0.6) is 11.5 Å². The lowest BCUT2D eigenvalue weighted by Crippen LogP contribution is -2.36. The van der Waals surface area contributed by atoms with Crippen molar-refractivity contribution in [3.63, 3.8) is 0 Å². The van der Waals surface area contributed by atoms with Crippen molar-refractivity contribution in [2.75, 3.05) is 26.8 Å². The molecular formula is C12H21N3O4S. The van der Waals surface area contributed by atoms with Crippen molar-refractivity contribution in [2.45, 2.75) is 13.5 Å². The van der Waals surface area contributed by atoms with Gasteiger partial charge in [0.1, 0.15) is 0 Å². The first-order chi connectivity index (χ1) is 9.46. The summed E-state index contributed by atoms with van der Waals surface area (Å²) in [4.78, 5) is 0. The van der Waals surface area contributed by atoms with Crippen LogP contribution < -0.4 is 24.7 Å². The number of nitrogens with two attached hydrogens (primary N) is 1. The van der Waals surface area contributed by atoms with Gasteiger partial charge in [0.2, 0.25) is 0 Å². The summed E-state index contributed by atoms with van der Waals surface area (Å²) in [5.41, 5.74) is 1.02. The van der Waals surface area contributed by atoms with Crippen molar-refractivity contribution in [1.29, 1.82) is 0 Å². The van der Waals surface area contributed by atoms with Gasteiger partial charge in [-0.25, -0.2) is 9.86 Å². The molecule has 0 bridgehead atoms. The van der Waals surface area contributed by atoms with Gasteiger partial charge in [-0.2, -0.15) is 8.42 Å². The summed E-state index contributed by atoms with van der Waals surface area (Å²) in [6, 6.07) is 5.65. The van der Waals surface area contributed by atoms with Gasteiger partial charge in [0.25, 0.3) is 10.2 Å². The third kappa shape index (κ3) is 6.20. The van der Waals surface area contributed by atoms with Gasteiger partial charge < -0.3 is 14.8 Å². The number of methoxy groups -OCH3 is 1. The van der Waals surface area contributed by atoms with Crippen LogP contribution in [0.3, 0.4) is 0 Å². The number of hydrogen-bond acceptors (Lipinski definition) is 5. The Bertz CT molecular complexity index is 519. The fraction of sp³-hybridized carbons (Fsp3) is 0.500. The van der Waals surface area contributed by atoms with Gasteiger partial charge in [-0.1, -0.05) is 6.07 Å². The Balaban J connectivity index is 2.46. The number of benzene rings is 1. The van der Waals surface area contributed by atoms with Crippen LogP contribution in [0.15, 0.2) is 18.2 Å². The highest BCUT2D eigenvalue weighted by molar-refractivity contribution is 7.87. The fourth-order valence-corrected chi connectivity index (χ4v) is 2.00. The maximum absolute atomic E-state index is 10.7. The number of ether oxygens (including phenoxy) is 2. The van der Waals surface area contributed by atoms with E-state index in [2.05, 4.69) is 10.0 Å². The minimum Gasteiger partial charge on any atom is -0.493 e. The van der Waals surface area contributed by atoms with Crippen molar-refractivity contribution in [2.24, 2.45) is 5.14 Å². The molecule has 0 unspecified atom stereocenters. The predicted octanol–water partition coefficient (Wildman–Crippen LogP) is -0.0234. The third-order valence-corrected chi connectivity index (χ3v) is 3.07. The molecule has 0 radical (unpaired) electrons. The van der Waals surface area contributed by atoms with Gasteiger partial charge in [-0.3, -0.25) is 0 Å². The molecule has 1 aromatic carbocycles. The average Bonchev–Trinajstić information content (AvgIpc) is 2.38. The molecule has 114 valence electrons. The van der Waals surface area contributed by atoms with Gasteiger partial charge in [0.05, 0.1) is 13.7 Å². The Hall–Kier alpha value is -1.35. The van der Waals surface area contributed by atoms with E-state index in [1.54, 1.807) is 7.11 Å². The Morgan fingerprint density at radius 2 is 2.00 bits per heavy atom. The Morgan fingerprint density at radius 3 is 2.60 bits per heavy atom. The van der Waals surface area contributed by atoms with E-state index in [4.69, 9.17) is 14.6 Å². The second-order valence-corrected chi connectivity index (χ2v) is 5.41. The minimum absolute atomic E-state index is 0.243.